The van der Waals surface area contributed by atoms with Crippen molar-refractivity contribution in [2.24, 2.45) is 0 Å². The zero-order valence-electron chi connectivity index (χ0n) is 5.96. The van der Waals surface area contributed by atoms with E-state index in [1.54, 1.807) is 0 Å². The van der Waals surface area contributed by atoms with Gasteiger partial charge in [-0.1, -0.05) is 5.16 Å². The first kappa shape index (κ1) is 6.60. The molecule has 0 bridgehead atoms. The van der Waals surface area contributed by atoms with Gasteiger partial charge in [0.05, 0.1) is 0 Å². The van der Waals surface area contributed by atoms with Gasteiger partial charge in [-0.2, -0.15) is 0 Å². The Hall–Kier alpha value is -1.10. The third-order valence-electron chi connectivity index (χ3n) is 1.90. The van der Waals surface area contributed by atoms with Gasteiger partial charge in [0.1, 0.15) is 0 Å². The maximum atomic E-state index is 10.5. The summed E-state index contributed by atoms with van der Waals surface area (Å²) in [4.78, 5) is 13.1. The van der Waals surface area contributed by atoms with Crippen molar-refractivity contribution in [3.8, 4) is 0 Å². The van der Waals surface area contributed by atoms with E-state index in [1.807, 2.05) is 0 Å². The van der Waals surface area contributed by atoms with Crippen LogP contribution in [0.5, 0.6) is 0 Å². The Bertz CT molecular complexity index is 284. The van der Waals surface area contributed by atoms with E-state index in [0.717, 1.165) is 19.5 Å². The molecule has 1 unspecified atom stereocenters. The van der Waals surface area contributed by atoms with Crippen molar-refractivity contribution >= 4 is 0 Å². The Labute approximate surface area is 62.8 Å². The van der Waals surface area contributed by atoms with Crippen molar-refractivity contribution in [2.75, 3.05) is 13.1 Å². The molecule has 0 radical (unpaired) electrons. The van der Waals surface area contributed by atoms with E-state index in [0.29, 0.717) is 11.7 Å². The van der Waals surface area contributed by atoms with Crippen LogP contribution in [0.3, 0.4) is 0 Å². The number of hydrogen-bond donors (Lipinski definition) is 2. The molecule has 0 aliphatic carbocycles. The van der Waals surface area contributed by atoms with E-state index in [9.17, 15) is 4.79 Å². The summed E-state index contributed by atoms with van der Waals surface area (Å²) in [7, 11) is 0. The van der Waals surface area contributed by atoms with Crippen molar-refractivity contribution < 1.29 is 4.52 Å². The predicted octanol–water partition coefficient (Wildman–Crippen LogP) is -0.560. The summed E-state index contributed by atoms with van der Waals surface area (Å²) in [5.74, 6) is 0.522. The fraction of sp³-hybridized carbons (Fsp3) is 0.667. The van der Waals surface area contributed by atoms with Crippen LogP contribution in [0.4, 0.5) is 0 Å². The van der Waals surface area contributed by atoms with E-state index in [-0.39, 0.29) is 0 Å². The largest absolute Gasteiger partial charge is 0.438 e. The van der Waals surface area contributed by atoms with Gasteiger partial charge in [0.2, 0.25) is 0 Å². The van der Waals surface area contributed by atoms with E-state index in [2.05, 4.69) is 20.0 Å². The second-order valence-electron chi connectivity index (χ2n) is 2.67. The molecule has 1 saturated heterocycles. The molecule has 1 aromatic rings. The number of aromatic nitrogens is 2. The second-order valence-corrected chi connectivity index (χ2v) is 2.67. The molecule has 1 aliphatic heterocycles. The molecule has 2 rings (SSSR count). The quantitative estimate of drug-likeness (QED) is 0.570. The van der Waals surface area contributed by atoms with Crippen molar-refractivity contribution in [3.05, 3.63) is 16.4 Å². The third-order valence-corrected chi connectivity index (χ3v) is 1.90. The Morgan fingerprint density at radius 1 is 1.64 bits per heavy atom. The SMILES string of the molecule is O=c1[nH]c(C2CCNC2)no1. The molecular formula is C6H9N3O2. The van der Waals surface area contributed by atoms with Crippen molar-refractivity contribution in [1.29, 1.82) is 0 Å². The fourth-order valence-corrected chi connectivity index (χ4v) is 1.31. The Balaban J connectivity index is 2.21. The number of H-pyrrole nitrogens is 1. The molecule has 1 aliphatic rings. The van der Waals surface area contributed by atoms with Crippen LogP contribution in [-0.4, -0.2) is 23.2 Å². The van der Waals surface area contributed by atoms with Crippen LogP contribution in [0.1, 0.15) is 18.2 Å². The summed E-state index contributed by atoms with van der Waals surface area (Å²) in [5, 5.41) is 6.79. The molecule has 0 aromatic carbocycles. The van der Waals surface area contributed by atoms with Crippen molar-refractivity contribution in [1.82, 2.24) is 15.5 Å². The van der Waals surface area contributed by atoms with Crippen LogP contribution in [-0.2, 0) is 0 Å². The Kier molecular flexibility index (Phi) is 1.50. The minimum absolute atomic E-state index is 0.321. The molecule has 5 nitrogen and oxygen atoms in total. The van der Waals surface area contributed by atoms with Gasteiger partial charge in [0, 0.05) is 12.5 Å². The molecule has 60 valence electrons. The lowest BCUT2D eigenvalue weighted by Crippen LogP contribution is -2.09. The van der Waals surface area contributed by atoms with E-state index >= 15 is 0 Å². The zero-order chi connectivity index (χ0) is 7.68. The van der Waals surface area contributed by atoms with Crippen molar-refractivity contribution in [3.63, 3.8) is 0 Å². The standard InChI is InChI=1S/C6H9N3O2/c10-6-8-5(9-11-6)4-1-2-7-3-4/h4,7H,1-3H2,(H,8,9,10). The maximum absolute atomic E-state index is 10.5. The lowest BCUT2D eigenvalue weighted by atomic mass is 10.1. The Morgan fingerprint density at radius 2 is 2.55 bits per heavy atom. The van der Waals surface area contributed by atoms with Gasteiger partial charge < -0.3 is 5.32 Å². The molecule has 2 N–H and O–H groups in total. The first-order chi connectivity index (χ1) is 5.36. The predicted molar refractivity (Wildman–Crippen MR) is 37.4 cm³/mol. The molecule has 0 amide bonds. The molecule has 0 spiro atoms. The maximum Gasteiger partial charge on any atom is 0.438 e. The van der Waals surface area contributed by atoms with Gasteiger partial charge in [-0.15, -0.1) is 0 Å². The average molecular weight is 155 g/mol. The summed E-state index contributed by atoms with van der Waals surface area (Å²) in [5.41, 5.74) is 0. The molecular weight excluding hydrogens is 146 g/mol. The average Bonchev–Trinajstić information content (AvgIpc) is 2.55. The molecule has 2 heterocycles. The molecule has 1 atom stereocenters. The molecule has 1 fully saturated rings. The summed E-state index contributed by atoms with van der Waals surface area (Å²) in [6, 6.07) is 0. The highest BCUT2D eigenvalue weighted by molar-refractivity contribution is 4.96. The van der Waals surface area contributed by atoms with Crippen LogP contribution >= 0.6 is 0 Å². The van der Waals surface area contributed by atoms with Crippen LogP contribution in [0.25, 0.3) is 0 Å². The summed E-state index contributed by atoms with van der Waals surface area (Å²) < 4.78 is 4.39. The first-order valence-corrected chi connectivity index (χ1v) is 3.63. The van der Waals surface area contributed by atoms with Gasteiger partial charge in [0.25, 0.3) is 0 Å². The minimum Gasteiger partial charge on any atom is -0.316 e. The summed E-state index contributed by atoms with van der Waals surface area (Å²) in [6.45, 7) is 1.86. The smallest absolute Gasteiger partial charge is 0.316 e. The highest BCUT2D eigenvalue weighted by atomic mass is 16.5. The van der Waals surface area contributed by atoms with Gasteiger partial charge >= 0.3 is 5.76 Å². The second kappa shape index (κ2) is 2.50. The zero-order valence-corrected chi connectivity index (χ0v) is 5.96. The number of hydrogen-bond acceptors (Lipinski definition) is 4. The molecule has 1 aromatic heterocycles. The highest BCUT2D eigenvalue weighted by Gasteiger charge is 2.20. The third kappa shape index (κ3) is 1.19. The summed E-state index contributed by atoms with van der Waals surface area (Å²) >= 11 is 0. The van der Waals surface area contributed by atoms with Crippen LogP contribution in [0, 0.1) is 0 Å². The number of nitrogens with zero attached hydrogens (tertiary/aromatic N) is 1. The van der Waals surface area contributed by atoms with Gasteiger partial charge in [-0.3, -0.25) is 9.51 Å². The fourth-order valence-electron chi connectivity index (χ4n) is 1.31. The lowest BCUT2D eigenvalue weighted by molar-refractivity contribution is 0.378. The minimum atomic E-state index is -0.466. The number of aromatic amines is 1. The Morgan fingerprint density at radius 3 is 3.09 bits per heavy atom. The van der Waals surface area contributed by atoms with E-state index in [4.69, 9.17) is 0 Å². The lowest BCUT2D eigenvalue weighted by Gasteiger charge is -1.98. The van der Waals surface area contributed by atoms with Gasteiger partial charge in [0.15, 0.2) is 5.82 Å². The highest BCUT2D eigenvalue weighted by Crippen LogP contribution is 2.16. The van der Waals surface area contributed by atoms with E-state index in [1.165, 1.54) is 0 Å². The van der Waals surface area contributed by atoms with E-state index < -0.39 is 5.76 Å². The summed E-state index contributed by atoms with van der Waals surface area (Å²) in [6.07, 6.45) is 1.02. The monoisotopic (exact) mass is 155 g/mol. The molecule has 11 heavy (non-hydrogen) atoms. The molecule has 5 heteroatoms. The molecule has 0 saturated carbocycles. The van der Waals surface area contributed by atoms with Gasteiger partial charge in [-0.25, -0.2) is 4.79 Å². The van der Waals surface area contributed by atoms with Crippen LogP contribution in [0.2, 0.25) is 0 Å². The number of nitrogens with one attached hydrogen (secondary N) is 2. The van der Waals surface area contributed by atoms with Gasteiger partial charge in [-0.05, 0) is 13.0 Å². The van der Waals surface area contributed by atoms with Crippen LogP contribution < -0.4 is 11.1 Å². The normalized spacial score (nSPS) is 24.2. The number of rotatable bonds is 1. The topological polar surface area (TPSA) is 70.9 Å². The van der Waals surface area contributed by atoms with Crippen molar-refractivity contribution in [2.45, 2.75) is 12.3 Å². The first-order valence-electron chi connectivity index (χ1n) is 3.63. The van der Waals surface area contributed by atoms with Crippen LogP contribution in [0.15, 0.2) is 9.32 Å².